The third-order valence-electron chi connectivity index (χ3n) is 2.39. The highest BCUT2D eigenvalue weighted by atomic mass is 32.2. The Kier molecular flexibility index (Phi) is 4.43. The molecule has 0 spiro atoms. The fraction of sp³-hybridized carbons (Fsp3) is 0.286. The molecule has 7 heteroatoms. The molecular weight excluding hydrogens is 306 g/mol. The van der Waals surface area contributed by atoms with Crippen LogP contribution >= 0.6 is 11.3 Å². The van der Waals surface area contributed by atoms with Gasteiger partial charge in [0.1, 0.15) is 4.21 Å². The van der Waals surface area contributed by atoms with Gasteiger partial charge in [-0.3, -0.25) is 4.98 Å². The van der Waals surface area contributed by atoms with Crippen LogP contribution in [0, 0.1) is 5.41 Å². The minimum atomic E-state index is -3.63. The number of nitrogens with zero attached hydrogens (tertiary/aromatic N) is 2. The fourth-order valence-corrected chi connectivity index (χ4v) is 3.51. The highest BCUT2D eigenvalue weighted by Crippen LogP contribution is 2.29. The molecule has 2 rings (SSSR count). The molecule has 0 bridgehead atoms. The van der Waals surface area contributed by atoms with Crippen molar-refractivity contribution in [3.8, 4) is 10.6 Å². The van der Waals surface area contributed by atoms with Crippen molar-refractivity contribution in [2.24, 2.45) is 10.5 Å². The number of aromatic nitrogens is 1. The Morgan fingerprint density at radius 2 is 2.00 bits per heavy atom. The molecule has 0 atom stereocenters. The maximum Gasteiger partial charge on any atom is 0.286 e. The summed E-state index contributed by atoms with van der Waals surface area (Å²) in [5, 5.41) is 3.80. The van der Waals surface area contributed by atoms with Gasteiger partial charge in [0.2, 0.25) is 0 Å². The lowest BCUT2D eigenvalue weighted by atomic mass is 9.99. The monoisotopic (exact) mass is 323 g/mol. The van der Waals surface area contributed by atoms with E-state index in [0.717, 1.165) is 21.9 Å². The Hall–Kier alpha value is -1.73. The largest absolute Gasteiger partial charge is 0.286 e. The lowest BCUT2D eigenvalue weighted by Crippen LogP contribution is -2.19. The third kappa shape index (κ3) is 4.37. The predicted molar refractivity (Wildman–Crippen MR) is 85.8 cm³/mol. The molecule has 5 nitrogen and oxygen atoms in total. The Labute approximate surface area is 128 Å². The molecule has 2 heterocycles. The van der Waals surface area contributed by atoms with Crippen LogP contribution in [0.15, 0.2) is 45.8 Å². The molecule has 2 aromatic rings. The van der Waals surface area contributed by atoms with E-state index in [1.165, 1.54) is 0 Å². The first-order chi connectivity index (χ1) is 9.78. The third-order valence-corrected chi connectivity index (χ3v) is 5.21. The number of sulfonamides is 1. The van der Waals surface area contributed by atoms with E-state index < -0.39 is 10.0 Å². The molecule has 0 fully saturated rings. The molecule has 0 unspecified atom stereocenters. The number of thiophene rings is 1. The van der Waals surface area contributed by atoms with Gasteiger partial charge in [-0.25, -0.2) is 0 Å². The molecular formula is C14H17N3O2S2. The summed E-state index contributed by atoms with van der Waals surface area (Å²) in [6.45, 7) is 5.82. The number of rotatable bonds is 4. The summed E-state index contributed by atoms with van der Waals surface area (Å²) in [6, 6.07) is 8.83. The summed E-state index contributed by atoms with van der Waals surface area (Å²) < 4.78 is 24.5. The van der Waals surface area contributed by atoms with Crippen molar-refractivity contribution in [3.63, 3.8) is 0 Å². The van der Waals surface area contributed by atoms with E-state index in [1.807, 2.05) is 39.0 Å². The van der Waals surface area contributed by atoms with Crippen LogP contribution in [0.1, 0.15) is 20.8 Å². The summed E-state index contributed by atoms with van der Waals surface area (Å²) in [6.07, 6.45) is 3.24. The molecule has 112 valence electrons. The lowest BCUT2D eigenvalue weighted by Gasteiger charge is -2.09. The van der Waals surface area contributed by atoms with E-state index in [4.69, 9.17) is 0 Å². The number of nitrogens with one attached hydrogen (secondary N) is 1. The average molecular weight is 323 g/mol. The van der Waals surface area contributed by atoms with Crippen molar-refractivity contribution >= 4 is 27.6 Å². The summed E-state index contributed by atoms with van der Waals surface area (Å²) in [5.41, 5.74) is 0.569. The van der Waals surface area contributed by atoms with Gasteiger partial charge >= 0.3 is 0 Å². The van der Waals surface area contributed by atoms with Crippen LogP contribution in [0.4, 0.5) is 0 Å². The Bertz CT molecular complexity index is 729. The minimum absolute atomic E-state index is 0.183. The molecule has 21 heavy (non-hydrogen) atoms. The first-order valence-corrected chi connectivity index (χ1v) is 8.65. The first kappa shape index (κ1) is 15.7. The van der Waals surface area contributed by atoms with Crippen molar-refractivity contribution in [2.45, 2.75) is 25.0 Å². The molecule has 0 amide bonds. The smallest absolute Gasteiger partial charge is 0.255 e. The van der Waals surface area contributed by atoms with Gasteiger partial charge in [0.25, 0.3) is 10.0 Å². The van der Waals surface area contributed by atoms with Gasteiger partial charge in [0.05, 0.1) is 10.6 Å². The Morgan fingerprint density at radius 3 is 2.62 bits per heavy atom. The maximum absolute atomic E-state index is 12.1. The first-order valence-electron chi connectivity index (χ1n) is 6.35. The zero-order valence-corrected chi connectivity index (χ0v) is 13.7. The van der Waals surface area contributed by atoms with Gasteiger partial charge in [-0.15, -0.1) is 11.3 Å². The van der Waals surface area contributed by atoms with Crippen molar-refractivity contribution in [1.82, 2.24) is 9.82 Å². The number of hydrogen-bond acceptors (Lipinski definition) is 5. The van der Waals surface area contributed by atoms with Crippen LogP contribution in [-0.2, 0) is 10.0 Å². The van der Waals surface area contributed by atoms with E-state index in [-0.39, 0.29) is 9.62 Å². The van der Waals surface area contributed by atoms with Crippen molar-refractivity contribution < 1.29 is 8.42 Å². The molecule has 0 aromatic carbocycles. The van der Waals surface area contributed by atoms with Crippen LogP contribution in [0.3, 0.4) is 0 Å². The zero-order chi connectivity index (χ0) is 15.5. The molecule has 0 saturated heterocycles. The molecule has 0 saturated carbocycles. The van der Waals surface area contributed by atoms with Crippen molar-refractivity contribution in [2.75, 3.05) is 0 Å². The van der Waals surface area contributed by atoms with Crippen LogP contribution in [0.5, 0.6) is 0 Å². The van der Waals surface area contributed by atoms with E-state index in [9.17, 15) is 8.42 Å². The van der Waals surface area contributed by atoms with Crippen molar-refractivity contribution in [1.29, 1.82) is 0 Å². The van der Waals surface area contributed by atoms with Gasteiger partial charge in [-0.2, -0.15) is 18.4 Å². The molecule has 0 aliphatic carbocycles. The molecule has 1 N–H and O–H groups in total. The SMILES string of the molecule is CC(C)(C)/C=N/NS(=O)(=O)c1ccc(-c2ccccn2)s1. The highest BCUT2D eigenvalue weighted by molar-refractivity contribution is 7.91. The second kappa shape index (κ2) is 5.95. The van der Waals surface area contributed by atoms with Crippen LogP contribution in [-0.4, -0.2) is 19.6 Å². The summed E-state index contributed by atoms with van der Waals surface area (Å²) in [5.74, 6) is 0. The number of hydrogen-bond donors (Lipinski definition) is 1. The van der Waals surface area contributed by atoms with E-state index >= 15 is 0 Å². The Morgan fingerprint density at radius 1 is 1.24 bits per heavy atom. The molecule has 0 radical (unpaired) electrons. The standard InChI is InChI=1S/C14H17N3O2S2/c1-14(2,3)10-16-17-21(18,19)13-8-7-12(20-13)11-6-4-5-9-15-11/h4-10,17H,1-3H3/b16-10+. The lowest BCUT2D eigenvalue weighted by molar-refractivity contribution is 0.581. The van der Waals surface area contributed by atoms with Gasteiger partial charge in [0.15, 0.2) is 0 Å². The second-order valence-corrected chi connectivity index (χ2v) is 8.52. The summed E-state index contributed by atoms with van der Waals surface area (Å²) in [7, 11) is -3.63. The van der Waals surface area contributed by atoms with Gasteiger partial charge in [0, 0.05) is 12.4 Å². The Balaban J connectivity index is 2.19. The molecule has 0 aliphatic heterocycles. The minimum Gasteiger partial charge on any atom is -0.255 e. The highest BCUT2D eigenvalue weighted by Gasteiger charge is 2.17. The van der Waals surface area contributed by atoms with Crippen molar-refractivity contribution in [3.05, 3.63) is 36.5 Å². The number of hydrazone groups is 1. The normalized spacial score (nSPS) is 12.7. The quantitative estimate of drug-likeness (QED) is 0.694. The van der Waals surface area contributed by atoms with Gasteiger partial charge in [-0.1, -0.05) is 26.8 Å². The summed E-state index contributed by atoms with van der Waals surface area (Å²) in [4.78, 5) is 7.23. The van der Waals surface area contributed by atoms with E-state index in [2.05, 4.69) is 14.9 Å². The fourth-order valence-electron chi connectivity index (χ4n) is 1.45. The van der Waals surface area contributed by atoms with Crippen LogP contribution in [0.2, 0.25) is 0 Å². The predicted octanol–water partition coefficient (Wildman–Crippen LogP) is 3.12. The van der Waals surface area contributed by atoms with Gasteiger partial charge < -0.3 is 0 Å². The van der Waals surface area contributed by atoms with Crippen LogP contribution in [0.25, 0.3) is 10.6 Å². The van der Waals surface area contributed by atoms with E-state index in [0.29, 0.717) is 0 Å². The maximum atomic E-state index is 12.1. The molecule has 0 aliphatic rings. The number of pyridine rings is 1. The van der Waals surface area contributed by atoms with E-state index in [1.54, 1.807) is 24.5 Å². The zero-order valence-electron chi connectivity index (χ0n) is 12.1. The molecule has 2 aromatic heterocycles. The summed E-state index contributed by atoms with van der Waals surface area (Å²) >= 11 is 1.16. The average Bonchev–Trinajstić information content (AvgIpc) is 2.88. The van der Waals surface area contributed by atoms with Crippen LogP contribution < -0.4 is 4.83 Å². The topological polar surface area (TPSA) is 71.4 Å². The second-order valence-electron chi connectivity index (χ2n) is 5.55. The van der Waals surface area contributed by atoms with Gasteiger partial charge in [-0.05, 0) is 29.7 Å².